The second-order valence-electron chi connectivity index (χ2n) is 6.39. The van der Waals surface area contributed by atoms with Gasteiger partial charge in [0, 0.05) is 38.8 Å². The maximum absolute atomic E-state index is 12.1. The third-order valence-electron chi connectivity index (χ3n) is 4.52. The van der Waals surface area contributed by atoms with Crippen LogP contribution >= 0.6 is 0 Å². The molecule has 1 N–H and O–H groups in total. The van der Waals surface area contributed by atoms with Gasteiger partial charge in [-0.2, -0.15) is 10.2 Å². The molecule has 0 aliphatic carbocycles. The molecule has 6 nitrogen and oxygen atoms in total. The minimum Gasteiger partial charge on any atom is -0.357 e. The molecule has 0 atom stereocenters. The Morgan fingerprint density at radius 3 is 2.67 bits per heavy atom. The van der Waals surface area contributed by atoms with Crippen molar-refractivity contribution in [2.75, 3.05) is 23.3 Å². The molecule has 1 saturated heterocycles. The van der Waals surface area contributed by atoms with E-state index in [2.05, 4.69) is 31.3 Å². The second-order valence-corrected chi connectivity index (χ2v) is 6.39. The van der Waals surface area contributed by atoms with Gasteiger partial charge in [-0.15, -0.1) is 12.3 Å². The monoisotopic (exact) mass is 325 g/mol. The Hall–Kier alpha value is -2.42. The highest BCUT2D eigenvalue weighted by Gasteiger charge is 2.39. The van der Waals surface area contributed by atoms with E-state index in [-0.39, 0.29) is 5.91 Å². The molecule has 1 amide bonds. The largest absolute Gasteiger partial charge is 0.357 e. The van der Waals surface area contributed by atoms with Gasteiger partial charge < -0.3 is 10.2 Å². The van der Waals surface area contributed by atoms with Gasteiger partial charge in [-0.25, -0.2) is 4.98 Å². The average molecular weight is 325 g/mol. The van der Waals surface area contributed by atoms with Crippen LogP contribution in [0.15, 0.2) is 28.6 Å². The zero-order valence-corrected chi connectivity index (χ0v) is 13.9. The molecule has 0 bridgehead atoms. The fourth-order valence-electron chi connectivity index (χ4n) is 2.98. The van der Waals surface area contributed by atoms with Crippen LogP contribution in [0.1, 0.15) is 44.9 Å². The van der Waals surface area contributed by atoms with E-state index in [1.807, 2.05) is 12.1 Å². The molecule has 2 aliphatic heterocycles. The number of hydrogen-bond donors (Lipinski definition) is 1. The number of piperidine rings is 1. The fourth-order valence-corrected chi connectivity index (χ4v) is 2.98. The number of rotatable bonds is 7. The molecule has 1 aromatic rings. The smallest absolute Gasteiger partial charge is 0.224 e. The highest BCUT2D eigenvalue weighted by molar-refractivity contribution is 5.90. The van der Waals surface area contributed by atoms with E-state index in [9.17, 15) is 4.79 Å². The first kappa shape index (κ1) is 16.4. The van der Waals surface area contributed by atoms with Gasteiger partial charge in [-0.05, 0) is 31.4 Å². The third-order valence-corrected chi connectivity index (χ3v) is 4.52. The summed E-state index contributed by atoms with van der Waals surface area (Å²) in [5.74, 6) is 3.53. The lowest BCUT2D eigenvalue weighted by Crippen LogP contribution is -2.30. The van der Waals surface area contributed by atoms with Crippen LogP contribution in [0, 0.1) is 12.3 Å². The van der Waals surface area contributed by atoms with Gasteiger partial charge >= 0.3 is 0 Å². The van der Waals surface area contributed by atoms with Crippen LogP contribution in [0.4, 0.5) is 11.5 Å². The summed E-state index contributed by atoms with van der Waals surface area (Å²) in [5, 5.41) is 11.0. The molecule has 3 rings (SSSR count). The number of terminal acetylenes is 1. The number of aromatic nitrogens is 1. The third kappa shape index (κ3) is 4.31. The number of amides is 1. The predicted molar refractivity (Wildman–Crippen MR) is 93.8 cm³/mol. The maximum Gasteiger partial charge on any atom is 0.224 e. The molecule has 1 aromatic heterocycles. The number of anilines is 2. The highest BCUT2D eigenvalue weighted by atomic mass is 16.1. The number of hydrogen-bond acceptors (Lipinski definition) is 5. The molecule has 0 aromatic carbocycles. The van der Waals surface area contributed by atoms with Crippen molar-refractivity contribution in [1.29, 1.82) is 0 Å². The minimum absolute atomic E-state index is 0.0418. The van der Waals surface area contributed by atoms with Gasteiger partial charge in [0.2, 0.25) is 5.91 Å². The van der Waals surface area contributed by atoms with Gasteiger partial charge in [0.15, 0.2) is 5.66 Å². The standard InChI is InChI=1S/C18H23N5O/c1-2-3-10-18(21-22-18)11-9-17(24)20-15-7-8-16(19-14-15)23-12-5-4-6-13-23/h1,7-8,14H,3-6,9-13H2,(H,20,24). The van der Waals surface area contributed by atoms with E-state index in [0.29, 0.717) is 19.3 Å². The first-order chi connectivity index (χ1) is 11.7. The molecular formula is C18H23N5O. The zero-order chi connectivity index (χ0) is 16.8. The van der Waals surface area contributed by atoms with Crippen LogP contribution in [0.3, 0.4) is 0 Å². The van der Waals surface area contributed by atoms with Gasteiger partial charge in [-0.1, -0.05) is 0 Å². The molecule has 0 radical (unpaired) electrons. The van der Waals surface area contributed by atoms with Crippen molar-refractivity contribution in [1.82, 2.24) is 4.98 Å². The van der Waals surface area contributed by atoms with Crippen molar-refractivity contribution < 1.29 is 4.79 Å². The molecule has 126 valence electrons. The Kier molecular flexibility index (Phi) is 5.09. The van der Waals surface area contributed by atoms with E-state index in [1.54, 1.807) is 6.20 Å². The summed E-state index contributed by atoms with van der Waals surface area (Å²) in [6.07, 6.45) is 13.1. The first-order valence-electron chi connectivity index (χ1n) is 8.59. The molecule has 1 fully saturated rings. The SMILES string of the molecule is C#CCCC1(CCC(=O)Nc2ccc(N3CCCCC3)nc2)N=N1. The van der Waals surface area contributed by atoms with Crippen LogP contribution in [0.5, 0.6) is 0 Å². The van der Waals surface area contributed by atoms with Gasteiger partial charge in [0.25, 0.3) is 0 Å². The first-order valence-corrected chi connectivity index (χ1v) is 8.59. The van der Waals surface area contributed by atoms with Crippen molar-refractivity contribution in [3.63, 3.8) is 0 Å². The summed E-state index contributed by atoms with van der Waals surface area (Å²) < 4.78 is 0. The number of nitrogens with one attached hydrogen (secondary N) is 1. The summed E-state index contributed by atoms with van der Waals surface area (Å²) in [5.41, 5.74) is 0.322. The van der Waals surface area contributed by atoms with Crippen molar-refractivity contribution in [2.24, 2.45) is 10.2 Å². The van der Waals surface area contributed by atoms with Crippen molar-refractivity contribution >= 4 is 17.4 Å². The van der Waals surface area contributed by atoms with Crippen LogP contribution in [-0.4, -0.2) is 29.6 Å². The molecule has 2 aliphatic rings. The summed E-state index contributed by atoms with van der Waals surface area (Å²) in [4.78, 5) is 18.8. The zero-order valence-electron chi connectivity index (χ0n) is 13.9. The number of carbonyl (C=O) groups is 1. The van der Waals surface area contributed by atoms with Crippen LogP contribution in [0.25, 0.3) is 0 Å². The van der Waals surface area contributed by atoms with Crippen LogP contribution in [-0.2, 0) is 4.79 Å². The molecule has 0 spiro atoms. The molecular weight excluding hydrogens is 302 g/mol. The molecule has 6 heteroatoms. The normalized spacial score (nSPS) is 18.0. The van der Waals surface area contributed by atoms with Crippen molar-refractivity contribution in [2.45, 2.75) is 50.6 Å². The minimum atomic E-state index is -0.403. The molecule has 24 heavy (non-hydrogen) atoms. The highest BCUT2D eigenvalue weighted by Crippen LogP contribution is 2.37. The van der Waals surface area contributed by atoms with Crippen LogP contribution < -0.4 is 10.2 Å². The number of nitrogens with zero attached hydrogens (tertiary/aromatic N) is 4. The number of carbonyl (C=O) groups excluding carboxylic acids is 1. The predicted octanol–water partition coefficient (Wildman–Crippen LogP) is 3.37. The Labute approximate surface area is 142 Å². The van der Waals surface area contributed by atoms with Gasteiger partial charge in [0.1, 0.15) is 5.82 Å². The maximum atomic E-state index is 12.1. The van der Waals surface area contributed by atoms with Crippen LogP contribution in [0.2, 0.25) is 0 Å². The quantitative estimate of drug-likeness (QED) is 0.781. The topological polar surface area (TPSA) is 70.0 Å². The summed E-state index contributed by atoms with van der Waals surface area (Å²) in [6, 6.07) is 3.88. The van der Waals surface area contributed by atoms with E-state index < -0.39 is 5.66 Å². The van der Waals surface area contributed by atoms with Crippen molar-refractivity contribution in [3.05, 3.63) is 18.3 Å². The summed E-state index contributed by atoms with van der Waals surface area (Å²) >= 11 is 0. The summed E-state index contributed by atoms with van der Waals surface area (Å²) in [7, 11) is 0. The van der Waals surface area contributed by atoms with E-state index in [1.165, 1.54) is 19.3 Å². The number of pyridine rings is 1. The van der Waals surface area contributed by atoms with E-state index in [4.69, 9.17) is 6.42 Å². The lowest BCUT2D eigenvalue weighted by molar-refractivity contribution is -0.116. The molecule has 0 saturated carbocycles. The lowest BCUT2D eigenvalue weighted by Gasteiger charge is -2.27. The summed E-state index contributed by atoms with van der Waals surface area (Å²) in [6.45, 7) is 2.12. The molecule has 3 heterocycles. The Morgan fingerprint density at radius 1 is 1.25 bits per heavy atom. The van der Waals surface area contributed by atoms with Crippen molar-refractivity contribution in [3.8, 4) is 12.3 Å². The lowest BCUT2D eigenvalue weighted by atomic mass is 10.0. The van der Waals surface area contributed by atoms with Gasteiger partial charge in [-0.3, -0.25) is 4.79 Å². The van der Waals surface area contributed by atoms with E-state index >= 15 is 0 Å². The fraction of sp³-hybridized carbons (Fsp3) is 0.556. The Bertz CT molecular complexity index is 634. The second kappa shape index (κ2) is 7.43. The Balaban J connectivity index is 1.45. The Morgan fingerprint density at radius 2 is 2.04 bits per heavy atom. The average Bonchev–Trinajstić information content (AvgIpc) is 3.40. The van der Waals surface area contributed by atoms with Gasteiger partial charge in [0.05, 0.1) is 11.9 Å². The molecule has 0 unspecified atom stereocenters. The van der Waals surface area contributed by atoms with E-state index in [0.717, 1.165) is 31.0 Å².